The second-order valence-electron chi connectivity index (χ2n) is 5.92. The van der Waals surface area contributed by atoms with Crippen molar-refractivity contribution in [3.8, 4) is 0 Å². The summed E-state index contributed by atoms with van der Waals surface area (Å²) in [7, 11) is 0. The number of benzene rings is 1. The maximum Gasteiger partial charge on any atom is 0.274 e. The van der Waals surface area contributed by atoms with E-state index in [1.54, 1.807) is 24.3 Å². The summed E-state index contributed by atoms with van der Waals surface area (Å²) in [4.78, 5) is 14.1. The van der Waals surface area contributed by atoms with Gasteiger partial charge in [-0.2, -0.15) is 0 Å². The Balaban J connectivity index is 1.53. The first-order valence-electron chi connectivity index (χ1n) is 8.34. The molecule has 5 nitrogen and oxygen atoms in total. The fourth-order valence-corrected chi connectivity index (χ4v) is 2.83. The van der Waals surface area contributed by atoms with Crippen LogP contribution in [0.3, 0.4) is 0 Å². The molecule has 1 fully saturated rings. The van der Waals surface area contributed by atoms with Crippen molar-refractivity contribution >= 4 is 11.7 Å². The summed E-state index contributed by atoms with van der Waals surface area (Å²) in [6.45, 7) is 2.14. The number of nitrogens with one attached hydrogen (secondary N) is 1. The van der Waals surface area contributed by atoms with Gasteiger partial charge in [0.15, 0.2) is 5.69 Å². The fourth-order valence-electron chi connectivity index (χ4n) is 2.83. The maximum atomic E-state index is 13.5. The van der Waals surface area contributed by atoms with Gasteiger partial charge >= 0.3 is 0 Å². The van der Waals surface area contributed by atoms with Gasteiger partial charge in [-0.25, -0.2) is 4.39 Å². The minimum atomic E-state index is -0.201. The number of halogens is 1. The van der Waals surface area contributed by atoms with Crippen molar-refractivity contribution in [3.63, 3.8) is 0 Å². The van der Waals surface area contributed by atoms with E-state index < -0.39 is 0 Å². The van der Waals surface area contributed by atoms with Crippen molar-refractivity contribution in [3.05, 3.63) is 53.5 Å². The van der Waals surface area contributed by atoms with Crippen LogP contribution in [0, 0.1) is 5.82 Å². The van der Waals surface area contributed by atoms with Gasteiger partial charge in [0, 0.05) is 19.6 Å². The first kappa shape index (κ1) is 16.4. The predicted molar refractivity (Wildman–Crippen MR) is 90.4 cm³/mol. The molecule has 24 heavy (non-hydrogen) atoms. The fraction of sp³-hybridized carbons (Fsp3) is 0.389. The van der Waals surface area contributed by atoms with E-state index in [1.807, 2.05) is 11.0 Å². The number of nitrogens with zero attached hydrogens (tertiary/aromatic N) is 3. The summed E-state index contributed by atoms with van der Waals surface area (Å²) >= 11 is 0. The molecule has 1 aliphatic heterocycles. The lowest BCUT2D eigenvalue weighted by Gasteiger charge is -2.26. The maximum absolute atomic E-state index is 13.5. The molecule has 126 valence electrons. The molecule has 3 rings (SSSR count). The lowest BCUT2D eigenvalue weighted by Crippen LogP contribution is -2.36. The highest BCUT2D eigenvalue weighted by atomic mass is 19.1. The molecule has 0 saturated carbocycles. The number of carbonyl (C=O) groups excluding carboxylic acids is 1. The summed E-state index contributed by atoms with van der Waals surface area (Å²) in [5.41, 5.74) is 1.03. The number of aromatic nitrogens is 2. The van der Waals surface area contributed by atoms with Crippen molar-refractivity contribution in [2.75, 3.05) is 25.0 Å². The molecule has 1 N–H and O–H groups in total. The highest BCUT2D eigenvalue weighted by molar-refractivity contribution is 5.92. The van der Waals surface area contributed by atoms with Gasteiger partial charge in [0.1, 0.15) is 11.6 Å². The molecule has 0 unspecified atom stereocenters. The SMILES string of the molecule is O=C(c1ccc(NCCc2ccccc2F)nn1)N1CCCCC1. The lowest BCUT2D eigenvalue weighted by molar-refractivity contribution is 0.0717. The first-order valence-corrected chi connectivity index (χ1v) is 8.34. The van der Waals surface area contributed by atoms with Gasteiger partial charge in [0.05, 0.1) is 0 Å². The van der Waals surface area contributed by atoms with Gasteiger partial charge in [-0.05, 0) is 49.4 Å². The van der Waals surface area contributed by atoms with E-state index in [9.17, 15) is 9.18 Å². The largest absolute Gasteiger partial charge is 0.368 e. The van der Waals surface area contributed by atoms with Gasteiger partial charge in [-0.1, -0.05) is 18.2 Å². The highest BCUT2D eigenvalue weighted by Crippen LogP contribution is 2.13. The monoisotopic (exact) mass is 328 g/mol. The molecule has 0 spiro atoms. The van der Waals surface area contributed by atoms with Crippen molar-refractivity contribution < 1.29 is 9.18 Å². The van der Waals surface area contributed by atoms with Crippen LogP contribution < -0.4 is 5.32 Å². The Morgan fingerprint density at radius 3 is 2.58 bits per heavy atom. The molecule has 2 heterocycles. The van der Waals surface area contributed by atoms with Gasteiger partial charge in [0.2, 0.25) is 0 Å². The second kappa shape index (κ2) is 7.86. The Morgan fingerprint density at radius 1 is 1.08 bits per heavy atom. The van der Waals surface area contributed by atoms with E-state index >= 15 is 0 Å². The minimum absolute atomic E-state index is 0.0555. The Labute approximate surface area is 140 Å². The molecule has 0 bridgehead atoms. The summed E-state index contributed by atoms with van der Waals surface area (Å²) in [6.07, 6.45) is 3.84. The van der Waals surface area contributed by atoms with E-state index in [2.05, 4.69) is 15.5 Å². The standard InChI is InChI=1S/C18H21FN4O/c19-15-7-3-2-6-14(15)10-11-20-17-9-8-16(21-22-17)18(24)23-12-4-1-5-13-23/h2-3,6-9H,1,4-5,10-13H2,(H,20,22). The lowest BCUT2D eigenvalue weighted by atomic mass is 10.1. The highest BCUT2D eigenvalue weighted by Gasteiger charge is 2.19. The average Bonchev–Trinajstić information content (AvgIpc) is 2.64. The Kier molecular flexibility index (Phi) is 5.36. The number of piperidine rings is 1. The number of carbonyl (C=O) groups is 1. The zero-order chi connectivity index (χ0) is 16.8. The molecule has 0 radical (unpaired) electrons. The van der Waals surface area contributed by atoms with Crippen LogP contribution in [0.15, 0.2) is 36.4 Å². The van der Waals surface area contributed by atoms with Crippen LogP contribution >= 0.6 is 0 Å². The molecule has 0 atom stereocenters. The molecule has 1 aliphatic rings. The molecule has 2 aromatic rings. The van der Waals surface area contributed by atoms with Crippen LogP contribution in [0.25, 0.3) is 0 Å². The molecule has 0 aliphatic carbocycles. The van der Waals surface area contributed by atoms with E-state index in [-0.39, 0.29) is 11.7 Å². The van der Waals surface area contributed by atoms with Crippen LogP contribution in [0.5, 0.6) is 0 Å². The third kappa shape index (κ3) is 4.07. The zero-order valence-electron chi connectivity index (χ0n) is 13.5. The number of likely N-dealkylation sites (tertiary alicyclic amines) is 1. The molecule has 1 aromatic carbocycles. The summed E-state index contributed by atoms with van der Waals surface area (Å²) in [5.74, 6) is 0.328. The van der Waals surface area contributed by atoms with Crippen molar-refractivity contribution in [1.29, 1.82) is 0 Å². The van der Waals surface area contributed by atoms with E-state index in [1.165, 1.54) is 12.5 Å². The Bertz CT molecular complexity index is 684. The summed E-state index contributed by atoms with van der Waals surface area (Å²) in [6, 6.07) is 10.1. The van der Waals surface area contributed by atoms with E-state index in [0.29, 0.717) is 30.0 Å². The van der Waals surface area contributed by atoms with Gasteiger partial charge < -0.3 is 10.2 Å². The molecule has 1 amide bonds. The number of hydrogen-bond acceptors (Lipinski definition) is 4. The van der Waals surface area contributed by atoms with Gasteiger partial charge in [0.25, 0.3) is 5.91 Å². The van der Waals surface area contributed by atoms with Gasteiger partial charge in [-0.3, -0.25) is 4.79 Å². The predicted octanol–water partition coefficient (Wildman–Crippen LogP) is 2.90. The third-order valence-corrected chi connectivity index (χ3v) is 4.19. The van der Waals surface area contributed by atoms with Crippen molar-refractivity contribution in [2.45, 2.75) is 25.7 Å². The van der Waals surface area contributed by atoms with E-state index in [0.717, 1.165) is 25.9 Å². The van der Waals surface area contributed by atoms with E-state index in [4.69, 9.17) is 0 Å². The third-order valence-electron chi connectivity index (χ3n) is 4.19. The van der Waals surface area contributed by atoms with Crippen LogP contribution in [0.2, 0.25) is 0 Å². The number of amides is 1. The Morgan fingerprint density at radius 2 is 1.88 bits per heavy atom. The molecule has 1 aromatic heterocycles. The topological polar surface area (TPSA) is 58.1 Å². The number of hydrogen-bond donors (Lipinski definition) is 1. The normalized spacial score (nSPS) is 14.5. The Hall–Kier alpha value is -2.50. The molecular formula is C18H21FN4O. The van der Waals surface area contributed by atoms with Crippen LogP contribution in [-0.2, 0) is 6.42 Å². The second-order valence-corrected chi connectivity index (χ2v) is 5.92. The van der Waals surface area contributed by atoms with Crippen LogP contribution in [-0.4, -0.2) is 40.6 Å². The van der Waals surface area contributed by atoms with Crippen molar-refractivity contribution in [1.82, 2.24) is 15.1 Å². The summed E-state index contributed by atoms with van der Waals surface area (Å²) in [5, 5.41) is 11.2. The zero-order valence-corrected chi connectivity index (χ0v) is 13.5. The summed E-state index contributed by atoms with van der Waals surface area (Å²) < 4.78 is 13.5. The smallest absolute Gasteiger partial charge is 0.274 e. The molecule has 1 saturated heterocycles. The molecular weight excluding hydrogens is 307 g/mol. The average molecular weight is 328 g/mol. The number of anilines is 1. The molecule has 6 heteroatoms. The van der Waals surface area contributed by atoms with Crippen LogP contribution in [0.4, 0.5) is 10.2 Å². The number of rotatable bonds is 5. The first-order chi connectivity index (χ1) is 11.7. The van der Waals surface area contributed by atoms with Crippen molar-refractivity contribution in [2.24, 2.45) is 0 Å². The van der Waals surface area contributed by atoms with Gasteiger partial charge in [-0.15, -0.1) is 10.2 Å². The minimum Gasteiger partial charge on any atom is -0.368 e. The van der Waals surface area contributed by atoms with Crippen LogP contribution in [0.1, 0.15) is 35.3 Å². The quantitative estimate of drug-likeness (QED) is 0.917.